The average molecular weight is 208 g/mol. The molecule has 15 heavy (non-hydrogen) atoms. The number of phenolic OH excluding ortho intramolecular Hbond substituents is 1. The SMILES string of the molecule is CCOc1cc(C2OC=CO2)ccc1O. The largest absolute Gasteiger partial charge is 0.504 e. The summed E-state index contributed by atoms with van der Waals surface area (Å²) in [4.78, 5) is 0. The molecule has 80 valence electrons. The normalized spacial score (nSPS) is 14.7. The summed E-state index contributed by atoms with van der Waals surface area (Å²) in [7, 11) is 0. The van der Waals surface area contributed by atoms with Gasteiger partial charge >= 0.3 is 0 Å². The van der Waals surface area contributed by atoms with Crippen LogP contribution < -0.4 is 4.74 Å². The molecular formula is C11H12O4. The molecule has 0 atom stereocenters. The van der Waals surface area contributed by atoms with Gasteiger partial charge in [-0.25, -0.2) is 0 Å². The van der Waals surface area contributed by atoms with Crippen LogP contribution in [-0.4, -0.2) is 11.7 Å². The molecule has 0 aliphatic carbocycles. The minimum absolute atomic E-state index is 0.117. The maximum atomic E-state index is 9.49. The number of ether oxygens (including phenoxy) is 3. The van der Waals surface area contributed by atoms with E-state index < -0.39 is 6.29 Å². The number of rotatable bonds is 3. The first-order valence-electron chi connectivity index (χ1n) is 4.73. The molecule has 4 heteroatoms. The van der Waals surface area contributed by atoms with Gasteiger partial charge in [-0.3, -0.25) is 0 Å². The van der Waals surface area contributed by atoms with Crippen LogP contribution in [0, 0.1) is 0 Å². The van der Waals surface area contributed by atoms with Crippen LogP contribution in [0.25, 0.3) is 0 Å². The average Bonchev–Trinajstić information content (AvgIpc) is 2.75. The third-order valence-corrected chi connectivity index (χ3v) is 2.02. The van der Waals surface area contributed by atoms with Gasteiger partial charge in [-0.1, -0.05) is 0 Å². The fourth-order valence-electron chi connectivity index (χ4n) is 1.34. The third kappa shape index (κ3) is 1.98. The maximum absolute atomic E-state index is 9.49. The fourth-order valence-corrected chi connectivity index (χ4v) is 1.34. The summed E-state index contributed by atoms with van der Waals surface area (Å²) in [6, 6.07) is 5.00. The zero-order valence-corrected chi connectivity index (χ0v) is 8.34. The second-order valence-corrected chi connectivity index (χ2v) is 3.04. The lowest BCUT2D eigenvalue weighted by atomic mass is 10.2. The van der Waals surface area contributed by atoms with E-state index in [2.05, 4.69) is 0 Å². The van der Waals surface area contributed by atoms with Gasteiger partial charge in [0.25, 0.3) is 6.29 Å². The Kier molecular flexibility index (Phi) is 2.67. The van der Waals surface area contributed by atoms with Crippen molar-refractivity contribution >= 4 is 0 Å². The van der Waals surface area contributed by atoms with Crippen LogP contribution in [0.1, 0.15) is 18.8 Å². The van der Waals surface area contributed by atoms with E-state index in [-0.39, 0.29) is 5.75 Å². The van der Waals surface area contributed by atoms with Crippen LogP contribution in [-0.2, 0) is 9.47 Å². The molecule has 1 heterocycles. The summed E-state index contributed by atoms with van der Waals surface area (Å²) < 4.78 is 15.6. The highest BCUT2D eigenvalue weighted by Gasteiger charge is 2.17. The topological polar surface area (TPSA) is 47.9 Å². The molecule has 1 aromatic rings. The fraction of sp³-hybridized carbons (Fsp3) is 0.273. The second kappa shape index (κ2) is 4.13. The number of hydrogen-bond donors (Lipinski definition) is 1. The van der Waals surface area contributed by atoms with Crippen molar-refractivity contribution in [2.45, 2.75) is 13.2 Å². The minimum atomic E-state index is -0.440. The lowest BCUT2D eigenvalue weighted by Crippen LogP contribution is -1.99. The lowest BCUT2D eigenvalue weighted by Gasteiger charge is -2.12. The first kappa shape index (κ1) is 9.71. The minimum Gasteiger partial charge on any atom is -0.504 e. The van der Waals surface area contributed by atoms with Crippen molar-refractivity contribution in [3.8, 4) is 11.5 Å². The van der Waals surface area contributed by atoms with E-state index in [1.807, 2.05) is 6.92 Å². The maximum Gasteiger partial charge on any atom is 0.266 e. The summed E-state index contributed by atoms with van der Waals surface area (Å²) >= 11 is 0. The van der Waals surface area contributed by atoms with Crippen molar-refractivity contribution in [3.05, 3.63) is 36.3 Å². The zero-order chi connectivity index (χ0) is 10.7. The van der Waals surface area contributed by atoms with E-state index in [1.165, 1.54) is 12.5 Å². The smallest absolute Gasteiger partial charge is 0.266 e. The number of aromatic hydroxyl groups is 1. The predicted octanol–water partition coefficient (Wildman–Crippen LogP) is 2.31. The standard InChI is InChI=1S/C11H12O4/c1-2-13-10-7-8(3-4-9(10)12)11-14-5-6-15-11/h3-7,11-12H,2H2,1H3. The van der Waals surface area contributed by atoms with E-state index >= 15 is 0 Å². The van der Waals surface area contributed by atoms with Crippen LogP contribution in [0.4, 0.5) is 0 Å². The van der Waals surface area contributed by atoms with Crippen molar-refractivity contribution in [2.24, 2.45) is 0 Å². The van der Waals surface area contributed by atoms with E-state index in [9.17, 15) is 5.11 Å². The van der Waals surface area contributed by atoms with Crippen molar-refractivity contribution in [3.63, 3.8) is 0 Å². The van der Waals surface area contributed by atoms with Gasteiger partial charge in [0.2, 0.25) is 0 Å². The van der Waals surface area contributed by atoms with Crippen LogP contribution in [0.5, 0.6) is 11.5 Å². The summed E-state index contributed by atoms with van der Waals surface area (Å²) in [6.45, 7) is 2.36. The van der Waals surface area contributed by atoms with Gasteiger partial charge < -0.3 is 19.3 Å². The highest BCUT2D eigenvalue weighted by atomic mass is 16.7. The molecule has 0 aromatic heterocycles. The van der Waals surface area contributed by atoms with Crippen LogP contribution in [0.15, 0.2) is 30.7 Å². The van der Waals surface area contributed by atoms with Gasteiger partial charge in [-0.2, -0.15) is 0 Å². The van der Waals surface area contributed by atoms with Gasteiger partial charge in [0.1, 0.15) is 12.5 Å². The van der Waals surface area contributed by atoms with Crippen LogP contribution in [0.3, 0.4) is 0 Å². The molecule has 4 nitrogen and oxygen atoms in total. The van der Waals surface area contributed by atoms with Crippen LogP contribution >= 0.6 is 0 Å². The molecule has 0 bridgehead atoms. The third-order valence-electron chi connectivity index (χ3n) is 2.02. The van der Waals surface area contributed by atoms with Gasteiger partial charge in [-0.05, 0) is 25.1 Å². The number of hydrogen-bond acceptors (Lipinski definition) is 4. The highest BCUT2D eigenvalue weighted by Crippen LogP contribution is 2.32. The van der Waals surface area contributed by atoms with Crippen LogP contribution in [0.2, 0.25) is 0 Å². The molecule has 1 aliphatic rings. The van der Waals surface area contributed by atoms with Gasteiger partial charge in [-0.15, -0.1) is 0 Å². The first-order valence-corrected chi connectivity index (χ1v) is 4.73. The molecule has 2 rings (SSSR count). The monoisotopic (exact) mass is 208 g/mol. The van der Waals surface area contributed by atoms with Crippen molar-refractivity contribution < 1.29 is 19.3 Å². The second-order valence-electron chi connectivity index (χ2n) is 3.04. The van der Waals surface area contributed by atoms with Gasteiger partial charge in [0.05, 0.1) is 6.61 Å². The number of phenols is 1. The summed E-state index contributed by atoms with van der Waals surface area (Å²) in [5, 5.41) is 9.49. The van der Waals surface area contributed by atoms with Crippen molar-refractivity contribution in [2.75, 3.05) is 6.61 Å². The van der Waals surface area contributed by atoms with Crippen molar-refractivity contribution in [1.29, 1.82) is 0 Å². The summed E-state index contributed by atoms with van der Waals surface area (Å²) in [6.07, 6.45) is 2.53. The molecule has 1 N–H and O–H groups in total. The molecule has 1 aromatic carbocycles. The Morgan fingerprint density at radius 3 is 2.73 bits per heavy atom. The van der Waals surface area contributed by atoms with E-state index in [1.54, 1.807) is 18.2 Å². The predicted molar refractivity (Wildman–Crippen MR) is 53.3 cm³/mol. The Balaban J connectivity index is 2.21. The zero-order valence-electron chi connectivity index (χ0n) is 8.34. The molecule has 0 spiro atoms. The van der Waals surface area contributed by atoms with E-state index in [0.717, 1.165) is 5.56 Å². The van der Waals surface area contributed by atoms with Gasteiger partial charge in [0, 0.05) is 5.56 Å². The van der Waals surface area contributed by atoms with Crippen molar-refractivity contribution in [1.82, 2.24) is 0 Å². The van der Waals surface area contributed by atoms with Gasteiger partial charge in [0.15, 0.2) is 11.5 Å². The van der Waals surface area contributed by atoms with E-state index in [0.29, 0.717) is 12.4 Å². The number of benzene rings is 1. The molecule has 0 saturated heterocycles. The van der Waals surface area contributed by atoms with E-state index in [4.69, 9.17) is 14.2 Å². The lowest BCUT2D eigenvalue weighted by molar-refractivity contribution is -0.0247. The Morgan fingerprint density at radius 1 is 1.33 bits per heavy atom. The summed E-state index contributed by atoms with van der Waals surface area (Å²) in [5.74, 6) is 0.556. The molecule has 1 aliphatic heterocycles. The quantitative estimate of drug-likeness (QED) is 0.828. The molecular weight excluding hydrogens is 196 g/mol. The highest BCUT2D eigenvalue weighted by molar-refractivity contribution is 5.42. The Morgan fingerprint density at radius 2 is 2.07 bits per heavy atom. The molecule has 0 radical (unpaired) electrons. The Labute approximate surface area is 87.7 Å². The molecule has 0 fully saturated rings. The molecule has 0 unspecified atom stereocenters. The first-order chi connectivity index (χ1) is 7.31. The Bertz CT molecular complexity index is 365. The molecule has 0 saturated carbocycles. The molecule has 0 amide bonds. The summed E-state index contributed by atoms with van der Waals surface area (Å²) in [5.41, 5.74) is 0.807. The Hall–Kier alpha value is -1.84.